The molecule has 0 saturated heterocycles. The van der Waals surface area contributed by atoms with Crippen LogP contribution in [0.4, 0.5) is 26.3 Å². The molecular formula is C33H34F6O7. The number of ether oxygens (including phenoxy) is 4. The van der Waals surface area contributed by atoms with Gasteiger partial charge in [0, 0.05) is 37.7 Å². The highest BCUT2D eigenvalue weighted by molar-refractivity contribution is 5.92. The van der Waals surface area contributed by atoms with Gasteiger partial charge in [0.05, 0.1) is 0 Å². The van der Waals surface area contributed by atoms with Crippen molar-refractivity contribution < 1.29 is 59.7 Å². The zero-order valence-corrected chi connectivity index (χ0v) is 25.7. The fourth-order valence-corrected chi connectivity index (χ4v) is 5.51. The second-order valence-corrected chi connectivity index (χ2v) is 11.4. The third kappa shape index (κ3) is 7.05. The number of ketones is 1. The molecular weight excluding hydrogens is 622 g/mol. The van der Waals surface area contributed by atoms with Crippen LogP contribution in [0.25, 0.3) is 0 Å². The minimum absolute atomic E-state index is 0.00291. The Bertz CT molecular complexity index is 1450. The number of esters is 2. The number of hydrogen-bond donors (Lipinski definition) is 0. The van der Waals surface area contributed by atoms with Gasteiger partial charge in [0.1, 0.15) is 12.7 Å². The van der Waals surface area contributed by atoms with Gasteiger partial charge in [-0.15, -0.1) is 0 Å². The first-order valence-electron chi connectivity index (χ1n) is 14.0. The molecule has 250 valence electrons. The van der Waals surface area contributed by atoms with E-state index in [0.717, 1.165) is 44.6 Å². The zero-order valence-electron chi connectivity index (χ0n) is 25.7. The van der Waals surface area contributed by atoms with Gasteiger partial charge in [0.15, 0.2) is 5.78 Å². The highest BCUT2D eigenvalue weighted by Gasteiger charge is 2.65. The highest BCUT2D eigenvalue weighted by Crippen LogP contribution is 2.45. The van der Waals surface area contributed by atoms with E-state index in [1.54, 1.807) is 13.8 Å². The van der Waals surface area contributed by atoms with E-state index in [1.807, 2.05) is 0 Å². The molecule has 0 bridgehead atoms. The van der Waals surface area contributed by atoms with Crippen LogP contribution >= 0.6 is 0 Å². The number of benzene rings is 2. The Morgan fingerprint density at radius 2 is 1.30 bits per heavy atom. The van der Waals surface area contributed by atoms with Crippen molar-refractivity contribution in [3.8, 4) is 0 Å². The number of carbonyl (C=O) groups is 3. The van der Waals surface area contributed by atoms with Gasteiger partial charge in [-0.05, 0) is 30.1 Å². The van der Waals surface area contributed by atoms with Gasteiger partial charge in [-0.3, -0.25) is 4.79 Å². The number of halogens is 6. The summed E-state index contributed by atoms with van der Waals surface area (Å²) in [6.07, 6.45) is -7.81. The molecule has 0 radical (unpaired) electrons. The molecule has 1 aliphatic rings. The number of rotatable bonds is 11. The number of hydrogen-bond acceptors (Lipinski definition) is 7. The summed E-state index contributed by atoms with van der Waals surface area (Å²) in [5.74, 6) is -4.63. The lowest BCUT2D eigenvalue weighted by Crippen LogP contribution is -2.52. The molecule has 1 aliphatic carbocycles. The van der Waals surface area contributed by atoms with Crippen LogP contribution in [-0.4, -0.2) is 57.0 Å². The molecule has 0 N–H and O–H groups in total. The summed E-state index contributed by atoms with van der Waals surface area (Å²) in [5.41, 5.74) is -8.64. The number of allylic oxidation sites excluding steroid dienone is 2. The SMILES string of the molecule is CO[C@](C(=O)OCC1=CC(=O)CC(C)(C)[C@H]1/C=C/[C@H](C)OC(=O)[C@@](OC)(c1ccccc1)C(F)(F)F)(c1ccccc1)C(F)(F)F. The topological polar surface area (TPSA) is 88.1 Å². The molecule has 0 fully saturated rings. The Morgan fingerprint density at radius 1 is 0.848 bits per heavy atom. The molecule has 4 atom stereocenters. The lowest BCUT2D eigenvalue weighted by atomic mass is 9.68. The first-order valence-corrected chi connectivity index (χ1v) is 14.0. The van der Waals surface area contributed by atoms with Crippen molar-refractivity contribution in [2.75, 3.05) is 20.8 Å². The Labute approximate surface area is 262 Å². The summed E-state index contributed by atoms with van der Waals surface area (Å²) >= 11 is 0. The van der Waals surface area contributed by atoms with Gasteiger partial charge in [0.25, 0.3) is 11.2 Å². The van der Waals surface area contributed by atoms with Gasteiger partial charge in [-0.1, -0.05) is 80.6 Å². The van der Waals surface area contributed by atoms with Crippen LogP contribution in [0, 0.1) is 11.3 Å². The second-order valence-electron chi connectivity index (χ2n) is 11.4. The van der Waals surface area contributed by atoms with Gasteiger partial charge < -0.3 is 18.9 Å². The summed E-state index contributed by atoms with van der Waals surface area (Å²) < 4.78 is 106. The van der Waals surface area contributed by atoms with E-state index in [2.05, 4.69) is 0 Å². The van der Waals surface area contributed by atoms with Gasteiger partial charge in [-0.25, -0.2) is 9.59 Å². The van der Waals surface area contributed by atoms with Crippen LogP contribution in [0.3, 0.4) is 0 Å². The van der Waals surface area contributed by atoms with Gasteiger partial charge >= 0.3 is 24.3 Å². The van der Waals surface area contributed by atoms with Crippen molar-refractivity contribution in [3.63, 3.8) is 0 Å². The van der Waals surface area contributed by atoms with E-state index in [9.17, 15) is 40.7 Å². The molecule has 46 heavy (non-hydrogen) atoms. The lowest BCUT2D eigenvalue weighted by Gasteiger charge is -2.38. The van der Waals surface area contributed by atoms with Crippen molar-refractivity contribution in [2.24, 2.45) is 11.3 Å². The molecule has 0 amide bonds. The molecule has 0 saturated carbocycles. The monoisotopic (exact) mass is 656 g/mol. The molecule has 0 unspecified atom stereocenters. The number of carbonyl (C=O) groups excluding carboxylic acids is 3. The zero-order chi connectivity index (χ0) is 34.6. The van der Waals surface area contributed by atoms with Crippen molar-refractivity contribution >= 4 is 17.7 Å². The van der Waals surface area contributed by atoms with Crippen molar-refractivity contribution in [2.45, 2.75) is 56.9 Å². The van der Waals surface area contributed by atoms with Crippen molar-refractivity contribution in [3.05, 3.63) is 95.6 Å². The molecule has 0 aliphatic heterocycles. The normalized spacial score (nSPS) is 20.3. The number of methoxy groups -OCH3 is 2. The smallest absolute Gasteiger partial charge is 0.432 e. The average Bonchev–Trinajstić information content (AvgIpc) is 2.96. The van der Waals surface area contributed by atoms with E-state index in [0.29, 0.717) is 0 Å². The molecule has 2 aromatic rings. The minimum Gasteiger partial charge on any atom is -0.458 e. The van der Waals surface area contributed by atoms with E-state index in [1.165, 1.54) is 55.5 Å². The summed E-state index contributed by atoms with van der Waals surface area (Å²) in [6.45, 7) is 3.93. The molecule has 0 aromatic heterocycles. The van der Waals surface area contributed by atoms with E-state index >= 15 is 0 Å². The Balaban J connectivity index is 1.88. The standard InChI is InChI=1S/C33H34F6O7/c1-21(46-28(42)31(44-5,33(37,38)39)24-14-10-7-11-15-24)16-17-26-22(18-25(40)19-29(26,2)3)20-45-27(41)30(43-4,32(34,35)36)23-12-8-6-9-13-23/h6-18,21,26H,19-20H2,1-5H3/b17-16+/t21-,26-,30-,31-/m0/s1. The van der Waals surface area contributed by atoms with Crippen molar-refractivity contribution in [1.29, 1.82) is 0 Å². The minimum atomic E-state index is -5.22. The molecule has 13 heteroatoms. The summed E-state index contributed by atoms with van der Waals surface area (Å²) in [4.78, 5) is 38.6. The fraction of sp³-hybridized carbons (Fsp3) is 0.424. The van der Waals surface area contributed by atoms with Crippen LogP contribution in [0.5, 0.6) is 0 Å². The highest BCUT2D eigenvalue weighted by atomic mass is 19.4. The van der Waals surface area contributed by atoms with Crippen LogP contribution in [-0.2, 0) is 44.5 Å². The summed E-state index contributed by atoms with van der Waals surface area (Å²) in [6, 6.07) is 12.4. The molecule has 3 rings (SSSR count). The van der Waals surface area contributed by atoms with Gasteiger partial charge in [0.2, 0.25) is 0 Å². The lowest BCUT2D eigenvalue weighted by molar-refractivity contribution is -0.277. The molecule has 0 spiro atoms. The van der Waals surface area contributed by atoms with Crippen LogP contribution in [0.1, 0.15) is 38.3 Å². The summed E-state index contributed by atoms with van der Waals surface area (Å²) in [5, 5.41) is 0. The predicted octanol–water partition coefficient (Wildman–Crippen LogP) is 6.77. The predicted molar refractivity (Wildman–Crippen MR) is 153 cm³/mol. The largest absolute Gasteiger partial charge is 0.458 e. The fourth-order valence-electron chi connectivity index (χ4n) is 5.51. The van der Waals surface area contributed by atoms with Crippen molar-refractivity contribution in [1.82, 2.24) is 0 Å². The molecule has 0 heterocycles. The third-order valence-corrected chi connectivity index (χ3v) is 7.80. The Hall–Kier alpha value is -3.97. The Morgan fingerprint density at radius 3 is 1.74 bits per heavy atom. The maximum absolute atomic E-state index is 14.3. The van der Waals surface area contributed by atoms with Crippen LogP contribution in [0.2, 0.25) is 0 Å². The molecule has 2 aromatic carbocycles. The molecule has 7 nitrogen and oxygen atoms in total. The third-order valence-electron chi connectivity index (χ3n) is 7.80. The quantitative estimate of drug-likeness (QED) is 0.150. The van der Waals surface area contributed by atoms with Crippen LogP contribution in [0.15, 0.2) is 84.5 Å². The summed E-state index contributed by atoms with van der Waals surface area (Å²) in [7, 11) is 1.45. The average molecular weight is 657 g/mol. The maximum atomic E-state index is 14.3. The van der Waals surface area contributed by atoms with Gasteiger partial charge in [-0.2, -0.15) is 26.3 Å². The van der Waals surface area contributed by atoms with E-state index < -0.39 is 70.7 Å². The second kappa shape index (κ2) is 13.8. The first-order chi connectivity index (χ1) is 21.4. The van der Waals surface area contributed by atoms with E-state index in [-0.39, 0.29) is 17.8 Å². The van der Waals surface area contributed by atoms with Crippen LogP contribution < -0.4 is 0 Å². The Kier molecular flexibility index (Phi) is 10.9. The first kappa shape index (κ1) is 36.5. The number of alkyl halides is 6. The van der Waals surface area contributed by atoms with E-state index in [4.69, 9.17) is 18.9 Å². The maximum Gasteiger partial charge on any atom is 0.432 e.